The van der Waals surface area contributed by atoms with Crippen LogP contribution in [0.3, 0.4) is 0 Å². The Morgan fingerprint density at radius 3 is 2.71 bits per heavy atom. The fourth-order valence-corrected chi connectivity index (χ4v) is 3.63. The number of methoxy groups -OCH3 is 1. The fraction of sp³-hybridized carbons (Fsp3) is 0.682. The summed E-state index contributed by atoms with van der Waals surface area (Å²) < 4.78 is 5.05. The number of likely N-dealkylation sites (N-methyl/N-ethyl adjacent to an activating group) is 1. The molecule has 1 heterocycles. The molecule has 6 heteroatoms. The van der Waals surface area contributed by atoms with Gasteiger partial charge >= 0.3 is 0 Å². The predicted molar refractivity (Wildman–Crippen MR) is 116 cm³/mol. The zero-order chi connectivity index (χ0) is 20.4. The van der Waals surface area contributed by atoms with E-state index in [0.29, 0.717) is 6.54 Å². The quantitative estimate of drug-likeness (QED) is 0.586. The Balaban J connectivity index is 1.61. The van der Waals surface area contributed by atoms with Crippen molar-refractivity contribution in [3.05, 3.63) is 29.8 Å². The van der Waals surface area contributed by atoms with Crippen LogP contribution in [0.1, 0.15) is 25.3 Å². The first-order chi connectivity index (χ1) is 13.5. The number of ether oxygens (including phenoxy) is 1. The SMILES string of the molecule is COCCCN(C)CC(=O)NC(C)CCN1CCN(c2cccc(C)c2)CC1. The molecule has 1 unspecified atom stereocenters. The Morgan fingerprint density at radius 2 is 2.04 bits per heavy atom. The van der Waals surface area contributed by atoms with Crippen LogP contribution in [0.5, 0.6) is 0 Å². The zero-order valence-corrected chi connectivity index (χ0v) is 18.1. The monoisotopic (exact) mass is 390 g/mol. The normalized spacial score (nSPS) is 16.4. The first-order valence-corrected chi connectivity index (χ1v) is 10.5. The number of carbonyl (C=O) groups excluding carboxylic acids is 1. The lowest BCUT2D eigenvalue weighted by atomic mass is 10.1. The van der Waals surface area contributed by atoms with Gasteiger partial charge in [0.15, 0.2) is 0 Å². The molecule has 1 atom stereocenters. The van der Waals surface area contributed by atoms with Gasteiger partial charge in [-0.05, 0) is 51.4 Å². The minimum atomic E-state index is 0.108. The topological polar surface area (TPSA) is 48.1 Å². The molecule has 1 aromatic carbocycles. The van der Waals surface area contributed by atoms with Crippen LogP contribution >= 0.6 is 0 Å². The highest BCUT2D eigenvalue weighted by atomic mass is 16.5. The van der Waals surface area contributed by atoms with Crippen LogP contribution in [-0.2, 0) is 9.53 Å². The lowest BCUT2D eigenvalue weighted by Gasteiger charge is -2.36. The first kappa shape index (κ1) is 22.7. The van der Waals surface area contributed by atoms with E-state index >= 15 is 0 Å². The molecule has 0 spiro atoms. The van der Waals surface area contributed by atoms with E-state index in [-0.39, 0.29) is 11.9 Å². The van der Waals surface area contributed by atoms with Gasteiger partial charge in [-0.25, -0.2) is 0 Å². The van der Waals surface area contributed by atoms with Crippen LogP contribution < -0.4 is 10.2 Å². The molecule has 0 aromatic heterocycles. The summed E-state index contributed by atoms with van der Waals surface area (Å²) in [5, 5.41) is 3.13. The van der Waals surface area contributed by atoms with E-state index in [1.807, 2.05) is 11.9 Å². The summed E-state index contributed by atoms with van der Waals surface area (Å²) in [5.41, 5.74) is 2.64. The molecule has 158 valence electrons. The van der Waals surface area contributed by atoms with Gasteiger partial charge in [0.1, 0.15) is 0 Å². The minimum absolute atomic E-state index is 0.108. The molecule has 1 saturated heterocycles. The highest BCUT2D eigenvalue weighted by Gasteiger charge is 2.18. The molecule has 1 aliphatic rings. The average molecular weight is 391 g/mol. The number of nitrogens with one attached hydrogen (secondary N) is 1. The Bertz CT molecular complexity index is 588. The third kappa shape index (κ3) is 8.17. The molecule has 2 rings (SSSR count). The van der Waals surface area contributed by atoms with Crippen LogP contribution in [0.15, 0.2) is 24.3 Å². The number of amides is 1. The van der Waals surface area contributed by atoms with E-state index in [1.165, 1.54) is 11.3 Å². The first-order valence-electron chi connectivity index (χ1n) is 10.5. The maximum atomic E-state index is 12.2. The van der Waals surface area contributed by atoms with Crippen LogP contribution in [0.4, 0.5) is 5.69 Å². The van der Waals surface area contributed by atoms with Gasteiger partial charge < -0.3 is 15.0 Å². The van der Waals surface area contributed by atoms with Crippen molar-refractivity contribution >= 4 is 11.6 Å². The summed E-state index contributed by atoms with van der Waals surface area (Å²) in [7, 11) is 3.68. The molecule has 1 fully saturated rings. The maximum absolute atomic E-state index is 12.2. The number of hydrogen-bond donors (Lipinski definition) is 1. The van der Waals surface area contributed by atoms with Gasteiger partial charge in [0.05, 0.1) is 6.54 Å². The Labute approximate surface area is 170 Å². The largest absolute Gasteiger partial charge is 0.385 e. The molecular weight excluding hydrogens is 352 g/mol. The van der Waals surface area contributed by atoms with E-state index < -0.39 is 0 Å². The summed E-state index contributed by atoms with van der Waals surface area (Å²) >= 11 is 0. The average Bonchev–Trinajstić information content (AvgIpc) is 2.67. The van der Waals surface area contributed by atoms with Crippen molar-refractivity contribution in [2.24, 2.45) is 0 Å². The Hall–Kier alpha value is -1.63. The van der Waals surface area contributed by atoms with Crippen molar-refractivity contribution in [2.45, 2.75) is 32.7 Å². The number of benzene rings is 1. The standard InChI is InChI=1S/C22H38N4O2/c1-19-7-5-8-21(17-19)26-14-12-25(13-15-26)11-9-20(2)23-22(27)18-24(3)10-6-16-28-4/h5,7-8,17,20H,6,9-16,18H2,1-4H3,(H,23,27). The molecule has 1 amide bonds. The summed E-state index contributed by atoms with van der Waals surface area (Å²) in [6.07, 6.45) is 1.94. The molecule has 0 radical (unpaired) electrons. The Kier molecular flexibility index (Phi) is 9.75. The lowest BCUT2D eigenvalue weighted by Crippen LogP contribution is -2.48. The third-order valence-electron chi connectivity index (χ3n) is 5.33. The highest BCUT2D eigenvalue weighted by Crippen LogP contribution is 2.17. The van der Waals surface area contributed by atoms with Crippen LogP contribution in [0.2, 0.25) is 0 Å². The highest BCUT2D eigenvalue weighted by molar-refractivity contribution is 5.78. The molecule has 1 N–H and O–H groups in total. The summed E-state index contributed by atoms with van der Waals surface area (Å²) in [4.78, 5) is 19.2. The van der Waals surface area contributed by atoms with Gasteiger partial charge in [0.25, 0.3) is 0 Å². The van der Waals surface area contributed by atoms with E-state index in [4.69, 9.17) is 4.74 Å². The van der Waals surface area contributed by atoms with Gasteiger partial charge in [0.2, 0.25) is 5.91 Å². The smallest absolute Gasteiger partial charge is 0.234 e. The van der Waals surface area contributed by atoms with Crippen molar-refractivity contribution < 1.29 is 9.53 Å². The van der Waals surface area contributed by atoms with E-state index in [9.17, 15) is 4.79 Å². The zero-order valence-electron chi connectivity index (χ0n) is 18.1. The second-order valence-corrected chi connectivity index (χ2v) is 8.01. The van der Waals surface area contributed by atoms with Crippen LogP contribution in [0.25, 0.3) is 0 Å². The van der Waals surface area contributed by atoms with Crippen LogP contribution in [-0.4, -0.2) is 88.3 Å². The molecule has 1 aromatic rings. The number of anilines is 1. The van der Waals surface area contributed by atoms with Gasteiger partial charge in [-0.3, -0.25) is 14.6 Å². The fourth-order valence-electron chi connectivity index (χ4n) is 3.63. The summed E-state index contributed by atoms with van der Waals surface area (Å²) in [6, 6.07) is 8.95. The van der Waals surface area contributed by atoms with Crippen molar-refractivity contribution in [1.29, 1.82) is 0 Å². The van der Waals surface area contributed by atoms with Gasteiger partial charge in [-0.15, -0.1) is 0 Å². The molecule has 0 aliphatic carbocycles. The van der Waals surface area contributed by atoms with Gasteiger partial charge in [-0.2, -0.15) is 0 Å². The molecular formula is C22H38N4O2. The second kappa shape index (κ2) is 12.0. The number of nitrogens with zero attached hydrogens (tertiary/aromatic N) is 3. The van der Waals surface area contributed by atoms with Crippen molar-refractivity contribution in [1.82, 2.24) is 15.1 Å². The number of piperazine rings is 1. The van der Waals surface area contributed by atoms with Crippen molar-refractivity contribution in [3.8, 4) is 0 Å². The number of aryl methyl sites for hydroxylation is 1. The number of hydrogen-bond acceptors (Lipinski definition) is 5. The summed E-state index contributed by atoms with van der Waals surface area (Å²) in [6.45, 7) is 11.6. The van der Waals surface area contributed by atoms with Crippen molar-refractivity contribution in [3.63, 3.8) is 0 Å². The van der Waals surface area contributed by atoms with E-state index in [2.05, 4.69) is 53.2 Å². The minimum Gasteiger partial charge on any atom is -0.385 e. The van der Waals surface area contributed by atoms with Crippen molar-refractivity contribution in [2.75, 3.05) is 71.5 Å². The molecule has 1 aliphatic heterocycles. The number of carbonyl (C=O) groups is 1. The van der Waals surface area contributed by atoms with Gasteiger partial charge in [-0.1, -0.05) is 12.1 Å². The lowest BCUT2D eigenvalue weighted by molar-refractivity contribution is -0.122. The molecule has 6 nitrogen and oxygen atoms in total. The van der Waals surface area contributed by atoms with Gasteiger partial charge in [0, 0.05) is 64.7 Å². The van der Waals surface area contributed by atoms with Crippen LogP contribution in [0, 0.1) is 6.92 Å². The molecule has 28 heavy (non-hydrogen) atoms. The van der Waals surface area contributed by atoms with E-state index in [1.54, 1.807) is 7.11 Å². The maximum Gasteiger partial charge on any atom is 0.234 e. The number of rotatable bonds is 11. The second-order valence-electron chi connectivity index (χ2n) is 8.01. The van der Waals surface area contributed by atoms with E-state index in [0.717, 1.165) is 58.7 Å². The molecule has 0 bridgehead atoms. The predicted octanol–water partition coefficient (Wildman–Crippen LogP) is 1.98. The third-order valence-corrected chi connectivity index (χ3v) is 5.33. The summed E-state index contributed by atoms with van der Waals surface area (Å²) in [5.74, 6) is 0.108. The molecule has 0 saturated carbocycles. The Morgan fingerprint density at radius 1 is 1.29 bits per heavy atom.